The first kappa shape index (κ1) is 41.2. The van der Waals surface area contributed by atoms with E-state index in [2.05, 4.69) is 15.3 Å². The molecule has 0 bridgehead atoms. The normalized spacial score (nSPS) is 16.5. The van der Waals surface area contributed by atoms with Gasteiger partial charge in [-0.25, -0.2) is 4.79 Å². The van der Waals surface area contributed by atoms with Gasteiger partial charge < -0.3 is 19.9 Å². The van der Waals surface area contributed by atoms with Gasteiger partial charge in [-0.1, -0.05) is 58.0 Å². The zero-order valence-corrected chi connectivity index (χ0v) is 28.6. The Morgan fingerprint density at radius 3 is 1.76 bits per heavy atom. The first-order valence-corrected chi connectivity index (χ1v) is 15.4. The number of carbonyl (C=O) groups is 5. The Labute approximate surface area is 267 Å². The number of nitrogens with one attached hydrogen (secondary N) is 1. The first-order chi connectivity index (χ1) is 21.0. The molecule has 12 heteroatoms. The number of imide groups is 1. The molecular weight excluding hydrogens is 582 g/mol. The van der Waals surface area contributed by atoms with Crippen LogP contribution in [0.2, 0.25) is 0 Å². The molecule has 1 aromatic rings. The van der Waals surface area contributed by atoms with Crippen molar-refractivity contribution in [3.05, 3.63) is 30.3 Å². The number of esters is 2. The molecule has 1 saturated heterocycles. The predicted octanol–water partition coefficient (Wildman–Crippen LogP) is 5.27. The van der Waals surface area contributed by atoms with Crippen molar-refractivity contribution < 1.29 is 43.4 Å². The molecule has 1 aliphatic heterocycles. The summed E-state index contributed by atoms with van der Waals surface area (Å²) in [5.74, 6) is -1.13. The molecule has 1 heterocycles. The third kappa shape index (κ3) is 14.2. The zero-order chi connectivity index (χ0) is 34.8. The van der Waals surface area contributed by atoms with Crippen molar-refractivity contribution >= 4 is 41.2 Å². The van der Waals surface area contributed by atoms with Gasteiger partial charge in [0.2, 0.25) is 11.8 Å². The number of rotatable bonds is 12. The van der Waals surface area contributed by atoms with E-state index in [9.17, 15) is 24.0 Å². The van der Waals surface area contributed by atoms with Crippen molar-refractivity contribution in [1.29, 1.82) is 0 Å². The molecule has 45 heavy (non-hydrogen) atoms. The summed E-state index contributed by atoms with van der Waals surface area (Å²) >= 11 is 0. The van der Waals surface area contributed by atoms with Crippen molar-refractivity contribution in [3.8, 4) is 0 Å². The summed E-state index contributed by atoms with van der Waals surface area (Å²) in [5, 5.41) is 14.4. The Morgan fingerprint density at radius 2 is 1.33 bits per heavy atom. The number of hydrogen-bond acceptors (Lipinski definition) is 10. The van der Waals surface area contributed by atoms with E-state index in [1.54, 1.807) is 32.9 Å². The number of ether oxygens (including phenoxy) is 2. The molecule has 3 amide bonds. The second kappa shape index (κ2) is 20.3. The fraction of sp³-hybridized carbons (Fsp3) is 0.636. The number of aliphatic hydroxyl groups is 1. The van der Waals surface area contributed by atoms with Crippen molar-refractivity contribution in [1.82, 2.24) is 5.32 Å². The topological polar surface area (TPSA) is 161 Å². The van der Waals surface area contributed by atoms with Gasteiger partial charge in [0.1, 0.15) is 13.2 Å². The van der Waals surface area contributed by atoms with Crippen LogP contribution in [0.5, 0.6) is 0 Å². The highest BCUT2D eigenvalue weighted by Gasteiger charge is 2.42. The molecule has 1 aliphatic rings. The smallest absolute Gasteiger partial charge is 0.433 e. The molecule has 1 fully saturated rings. The fourth-order valence-electron chi connectivity index (χ4n) is 3.11. The Kier molecular flexibility index (Phi) is 18.6. The SMILES string of the molecule is CC1C(=O)N(c2ccccc2)C(=O)C1C.CCC(C)(C)C(=O)OCCO.CCC(C)=NOC(=O)NCCOC(=O)C(C)(C)CC. The Hall–Kier alpha value is -3.80. The lowest BCUT2D eigenvalue weighted by Gasteiger charge is -2.20. The number of hydrogen-bond donors (Lipinski definition) is 2. The van der Waals surface area contributed by atoms with Gasteiger partial charge in [0.25, 0.3) is 0 Å². The third-order valence-corrected chi connectivity index (χ3v) is 7.58. The van der Waals surface area contributed by atoms with Crippen molar-refractivity contribution in [3.63, 3.8) is 0 Å². The lowest BCUT2D eigenvalue weighted by atomic mass is 9.91. The molecule has 0 aromatic heterocycles. The standard InChI is InChI=1S/C13H24N2O4.C12H13NO2.C8H16O3/c1-6-10(3)15-19-12(17)14-8-9-18-11(16)13(4,5)7-2;1-8-9(2)12(15)13(11(8)14)10-6-4-3-5-7-10;1-4-8(2,3)7(10)11-6-5-9/h6-9H2,1-5H3,(H,14,17);3-9H,1-2H3;9H,4-6H2,1-3H3. The van der Waals surface area contributed by atoms with Crippen LogP contribution in [0.3, 0.4) is 0 Å². The monoisotopic (exact) mass is 635 g/mol. The summed E-state index contributed by atoms with van der Waals surface area (Å²) in [5.41, 5.74) is 0.480. The third-order valence-electron chi connectivity index (χ3n) is 7.58. The van der Waals surface area contributed by atoms with Gasteiger partial charge in [0.05, 0.1) is 35.4 Å². The van der Waals surface area contributed by atoms with Gasteiger partial charge in [0, 0.05) is 11.8 Å². The van der Waals surface area contributed by atoms with E-state index in [-0.39, 0.29) is 62.0 Å². The average Bonchev–Trinajstić information content (AvgIpc) is 3.23. The van der Waals surface area contributed by atoms with Gasteiger partial charge in [-0.05, 0) is 66.0 Å². The number of benzene rings is 1. The zero-order valence-electron chi connectivity index (χ0n) is 28.6. The van der Waals surface area contributed by atoms with E-state index >= 15 is 0 Å². The molecule has 2 N–H and O–H groups in total. The summed E-state index contributed by atoms with van der Waals surface area (Å²) in [6, 6.07) is 9.07. The van der Waals surface area contributed by atoms with E-state index < -0.39 is 16.9 Å². The molecule has 254 valence electrons. The van der Waals surface area contributed by atoms with Crippen molar-refractivity contribution in [2.45, 2.75) is 88.5 Å². The number of aliphatic hydroxyl groups excluding tert-OH is 1. The number of amides is 3. The van der Waals surface area contributed by atoms with Gasteiger partial charge in [0.15, 0.2) is 0 Å². The number of oxime groups is 1. The fourth-order valence-corrected chi connectivity index (χ4v) is 3.11. The van der Waals surface area contributed by atoms with Crippen LogP contribution in [-0.2, 0) is 33.5 Å². The van der Waals surface area contributed by atoms with Crippen LogP contribution in [0.1, 0.15) is 88.5 Å². The van der Waals surface area contributed by atoms with E-state index in [1.165, 1.54) is 4.90 Å². The van der Waals surface area contributed by atoms with E-state index in [4.69, 9.17) is 14.6 Å². The molecule has 2 atom stereocenters. The lowest BCUT2D eigenvalue weighted by Crippen LogP contribution is -2.31. The van der Waals surface area contributed by atoms with Gasteiger partial charge >= 0.3 is 18.0 Å². The number of nitrogens with zero attached hydrogens (tertiary/aromatic N) is 2. The van der Waals surface area contributed by atoms with Crippen molar-refractivity contribution in [2.75, 3.05) is 31.3 Å². The Morgan fingerprint density at radius 1 is 0.867 bits per heavy atom. The minimum atomic E-state index is -0.654. The van der Waals surface area contributed by atoms with E-state index in [0.717, 1.165) is 18.6 Å². The lowest BCUT2D eigenvalue weighted by molar-refractivity contribution is -0.155. The van der Waals surface area contributed by atoms with Crippen LogP contribution < -0.4 is 10.2 Å². The van der Waals surface area contributed by atoms with Crippen LogP contribution in [0.25, 0.3) is 0 Å². The molecule has 2 rings (SSSR count). The molecule has 12 nitrogen and oxygen atoms in total. The molecule has 1 aromatic carbocycles. The highest BCUT2D eigenvalue weighted by Crippen LogP contribution is 2.30. The summed E-state index contributed by atoms with van der Waals surface area (Å²) in [4.78, 5) is 63.4. The second-order valence-electron chi connectivity index (χ2n) is 11.9. The minimum Gasteiger partial charge on any atom is -0.463 e. The molecule has 0 saturated carbocycles. The van der Waals surface area contributed by atoms with E-state index in [1.807, 2.05) is 66.7 Å². The Bertz CT molecular complexity index is 1110. The summed E-state index contributed by atoms with van der Waals surface area (Å²) in [6.07, 6.45) is 1.51. The predicted molar refractivity (Wildman–Crippen MR) is 172 cm³/mol. The number of para-hydroxylation sites is 1. The number of anilines is 1. The highest BCUT2D eigenvalue weighted by atomic mass is 16.7. The maximum Gasteiger partial charge on any atom is 0.433 e. The minimum absolute atomic E-state index is 0.0984. The molecule has 0 radical (unpaired) electrons. The van der Waals surface area contributed by atoms with E-state index in [0.29, 0.717) is 12.1 Å². The summed E-state index contributed by atoms with van der Waals surface area (Å²) in [6.45, 7) is 18.7. The van der Waals surface area contributed by atoms with Crippen LogP contribution in [-0.4, -0.2) is 67.0 Å². The van der Waals surface area contributed by atoms with Crippen LogP contribution >= 0.6 is 0 Å². The maximum absolute atomic E-state index is 11.8. The Balaban J connectivity index is 0.000000669. The van der Waals surface area contributed by atoms with Gasteiger partial charge in [-0.2, -0.15) is 0 Å². The largest absolute Gasteiger partial charge is 0.463 e. The molecule has 2 unspecified atom stereocenters. The van der Waals surface area contributed by atoms with Crippen LogP contribution in [0, 0.1) is 22.7 Å². The number of carbonyl (C=O) groups excluding carboxylic acids is 5. The molecular formula is C33H53N3O9. The van der Waals surface area contributed by atoms with Gasteiger partial charge in [-0.3, -0.25) is 28.9 Å². The molecule has 0 aliphatic carbocycles. The second-order valence-corrected chi connectivity index (χ2v) is 11.9. The highest BCUT2D eigenvalue weighted by molar-refractivity contribution is 6.21. The van der Waals surface area contributed by atoms with Crippen molar-refractivity contribution in [2.24, 2.45) is 27.8 Å². The van der Waals surface area contributed by atoms with Gasteiger partial charge in [-0.15, -0.1) is 0 Å². The average molecular weight is 636 g/mol. The molecule has 0 spiro atoms. The summed E-state index contributed by atoms with van der Waals surface area (Å²) < 4.78 is 9.81. The van der Waals surface area contributed by atoms with Crippen LogP contribution in [0.15, 0.2) is 35.5 Å². The van der Waals surface area contributed by atoms with Crippen LogP contribution in [0.4, 0.5) is 10.5 Å². The summed E-state index contributed by atoms with van der Waals surface area (Å²) in [7, 11) is 0. The maximum atomic E-state index is 11.8. The first-order valence-electron chi connectivity index (χ1n) is 15.4. The quantitative estimate of drug-likeness (QED) is 0.0779.